The van der Waals surface area contributed by atoms with Gasteiger partial charge in [0.25, 0.3) is 0 Å². The molecule has 1 amide bonds. The van der Waals surface area contributed by atoms with E-state index in [0.29, 0.717) is 6.04 Å². The van der Waals surface area contributed by atoms with Gasteiger partial charge in [0.15, 0.2) is 0 Å². The van der Waals surface area contributed by atoms with Gasteiger partial charge >= 0.3 is 0 Å². The van der Waals surface area contributed by atoms with E-state index in [2.05, 4.69) is 29.0 Å². The number of likely N-dealkylation sites (N-methyl/N-ethyl adjacent to an activating group) is 1. The first-order chi connectivity index (χ1) is 10.1. The average molecular weight is 406 g/mol. The number of amides is 1. The Labute approximate surface area is 165 Å². The summed E-state index contributed by atoms with van der Waals surface area (Å²) in [5.74, 6) is 0.349. The highest BCUT2D eigenvalue weighted by Crippen LogP contribution is 2.23. The summed E-state index contributed by atoms with van der Waals surface area (Å²) in [6.45, 7) is 10.8. The zero-order valence-electron chi connectivity index (χ0n) is 14.9. The number of halogens is 3. The molecule has 8 heteroatoms. The molecule has 3 N–H and O–H groups in total. The minimum absolute atomic E-state index is 0. The first kappa shape index (κ1) is 26.4. The second-order valence-electron chi connectivity index (χ2n) is 6.69. The van der Waals surface area contributed by atoms with E-state index in [-0.39, 0.29) is 55.1 Å². The van der Waals surface area contributed by atoms with Gasteiger partial charge in [-0.15, -0.1) is 37.2 Å². The molecule has 0 bridgehead atoms. The zero-order chi connectivity index (χ0) is 15.2. The highest BCUT2D eigenvalue weighted by Gasteiger charge is 2.26. The minimum atomic E-state index is 0. The van der Waals surface area contributed by atoms with Crippen LogP contribution in [-0.4, -0.2) is 67.1 Å². The highest BCUT2D eigenvalue weighted by atomic mass is 35.5. The summed E-state index contributed by atoms with van der Waals surface area (Å²) in [5, 5.41) is 3.15. The molecule has 0 aromatic carbocycles. The maximum absolute atomic E-state index is 12.2. The van der Waals surface area contributed by atoms with Gasteiger partial charge in [-0.2, -0.15) is 0 Å². The molecule has 146 valence electrons. The number of nitrogens with zero attached hydrogens (tertiary/aromatic N) is 2. The molecule has 24 heavy (non-hydrogen) atoms. The lowest BCUT2D eigenvalue weighted by Crippen LogP contribution is -2.52. The number of hydrogen-bond acceptors (Lipinski definition) is 4. The molecule has 0 radical (unpaired) electrons. The van der Waals surface area contributed by atoms with E-state index in [1.165, 1.54) is 0 Å². The molecule has 0 aromatic heterocycles. The summed E-state index contributed by atoms with van der Waals surface area (Å²) in [6, 6.07) is 0.638. The lowest BCUT2D eigenvalue weighted by atomic mass is 9.85. The van der Waals surface area contributed by atoms with Crippen LogP contribution in [0.4, 0.5) is 0 Å². The monoisotopic (exact) mass is 404 g/mol. The van der Waals surface area contributed by atoms with E-state index in [1.807, 2.05) is 0 Å². The Balaban J connectivity index is 0. The van der Waals surface area contributed by atoms with Crippen LogP contribution in [0.15, 0.2) is 0 Å². The fourth-order valence-corrected chi connectivity index (χ4v) is 3.51. The van der Waals surface area contributed by atoms with E-state index in [1.54, 1.807) is 0 Å². The quantitative estimate of drug-likeness (QED) is 0.733. The summed E-state index contributed by atoms with van der Waals surface area (Å²) < 4.78 is 0. The molecule has 2 fully saturated rings. The van der Waals surface area contributed by atoms with Crippen LogP contribution in [0.1, 0.15) is 39.5 Å². The molecule has 5 nitrogen and oxygen atoms in total. The van der Waals surface area contributed by atoms with Gasteiger partial charge in [-0.1, -0.05) is 13.3 Å². The van der Waals surface area contributed by atoms with E-state index in [9.17, 15) is 4.79 Å². The summed E-state index contributed by atoms with van der Waals surface area (Å²) in [5.41, 5.74) is 5.97. The number of carbonyl (C=O) groups excluding carboxylic acids is 1. The molecule has 2 rings (SSSR count). The molecule has 1 aliphatic carbocycles. The predicted octanol–water partition coefficient (Wildman–Crippen LogP) is 1.91. The van der Waals surface area contributed by atoms with E-state index in [4.69, 9.17) is 5.73 Å². The number of carbonyl (C=O) groups is 1. The van der Waals surface area contributed by atoms with Crippen LogP contribution in [-0.2, 0) is 4.79 Å². The van der Waals surface area contributed by atoms with Gasteiger partial charge in [-0.3, -0.25) is 9.69 Å². The average Bonchev–Trinajstić information content (AvgIpc) is 2.52. The van der Waals surface area contributed by atoms with Crippen molar-refractivity contribution in [2.24, 2.45) is 11.7 Å². The maximum Gasteiger partial charge on any atom is 0.223 e. The fourth-order valence-electron chi connectivity index (χ4n) is 3.51. The molecule has 3 atom stereocenters. The predicted molar refractivity (Wildman–Crippen MR) is 108 cm³/mol. The van der Waals surface area contributed by atoms with Crippen molar-refractivity contribution in [3.63, 3.8) is 0 Å². The molecule has 1 saturated carbocycles. The molecule has 1 heterocycles. The smallest absolute Gasteiger partial charge is 0.223 e. The van der Waals surface area contributed by atoms with Crippen molar-refractivity contribution in [3.05, 3.63) is 0 Å². The Hall–Kier alpha value is 0.220. The lowest BCUT2D eigenvalue weighted by Gasteiger charge is -2.37. The normalized spacial score (nSPS) is 26.3. The summed E-state index contributed by atoms with van der Waals surface area (Å²) in [6.07, 6.45) is 4.02. The molecular weight excluding hydrogens is 371 g/mol. The zero-order valence-corrected chi connectivity index (χ0v) is 17.4. The Morgan fingerprint density at radius 2 is 1.79 bits per heavy atom. The third-order valence-corrected chi connectivity index (χ3v) is 5.13. The van der Waals surface area contributed by atoms with Gasteiger partial charge in [0, 0.05) is 50.7 Å². The van der Waals surface area contributed by atoms with Crippen molar-refractivity contribution in [3.8, 4) is 0 Å². The van der Waals surface area contributed by atoms with Crippen molar-refractivity contribution >= 4 is 43.1 Å². The van der Waals surface area contributed by atoms with Gasteiger partial charge in [0.2, 0.25) is 5.91 Å². The van der Waals surface area contributed by atoms with E-state index >= 15 is 0 Å². The lowest BCUT2D eigenvalue weighted by molar-refractivity contribution is -0.126. The van der Waals surface area contributed by atoms with Crippen molar-refractivity contribution in [1.29, 1.82) is 0 Å². The first-order valence-corrected chi connectivity index (χ1v) is 8.59. The summed E-state index contributed by atoms with van der Waals surface area (Å²) in [4.78, 5) is 17.2. The van der Waals surface area contributed by atoms with Gasteiger partial charge in [0.1, 0.15) is 0 Å². The third-order valence-electron chi connectivity index (χ3n) is 5.13. The second-order valence-corrected chi connectivity index (χ2v) is 6.69. The van der Waals surface area contributed by atoms with Crippen LogP contribution in [0.5, 0.6) is 0 Å². The first-order valence-electron chi connectivity index (χ1n) is 8.59. The van der Waals surface area contributed by atoms with Crippen LogP contribution in [0, 0.1) is 5.92 Å². The van der Waals surface area contributed by atoms with Gasteiger partial charge in [0.05, 0.1) is 0 Å². The summed E-state index contributed by atoms with van der Waals surface area (Å²) in [7, 11) is 0. The van der Waals surface area contributed by atoms with Gasteiger partial charge < -0.3 is 16.0 Å². The minimum Gasteiger partial charge on any atom is -0.354 e. The Morgan fingerprint density at radius 3 is 2.33 bits per heavy atom. The SMILES string of the molecule is CCN1CCN(C(C)CNC(=O)C2CCCC(N)C2)CC1.Cl.Cl.Cl. The van der Waals surface area contributed by atoms with Crippen molar-refractivity contribution in [2.75, 3.05) is 39.3 Å². The molecular formula is C16H35Cl3N4O. The fraction of sp³-hybridized carbons (Fsp3) is 0.938. The topological polar surface area (TPSA) is 61.6 Å². The van der Waals surface area contributed by atoms with Crippen molar-refractivity contribution in [2.45, 2.75) is 51.6 Å². The van der Waals surface area contributed by atoms with Crippen LogP contribution in [0.2, 0.25) is 0 Å². The Kier molecular flexibility index (Phi) is 14.8. The molecule has 3 unspecified atom stereocenters. The summed E-state index contributed by atoms with van der Waals surface area (Å²) >= 11 is 0. The van der Waals surface area contributed by atoms with Crippen LogP contribution in [0.25, 0.3) is 0 Å². The molecule has 2 aliphatic rings. The highest BCUT2D eigenvalue weighted by molar-refractivity contribution is 5.86. The van der Waals surface area contributed by atoms with Crippen molar-refractivity contribution in [1.82, 2.24) is 15.1 Å². The van der Waals surface area contributed by atoms with Crippen LogP contribution >= 0.6 is 37.2 Å². The number of nitrogens with two attached hydrogens (primary N) is 1. The number of rotatable bonds is 5. The van der Waals surface area contributed by atoms with E-state index in [0.717, 1.165) is 65.0 Å². The Morgan fingerprint density at radius 1 is 1.17 bits per heavy atom. The second kappa shape index (κ2) is 13.4. The number of piperazine rings is 1. The van der Waals surface area contributed by atoms with Gasteiger partial charge in [-0.05, 0) is 32.7 Å². The van der Waals surface area contributed by atoms with Crippen molar-refractivity contribution < 1.29 is 4.79 Å². The molecule has 1 aliphatic heterocycles. The molecule has 0 spiro atoms. The standard InChI is InChI=1S/C16H32N4O.3ClH/c1-3-19-7-9-20(10-8-19)13(2)12-18-16(21)14-5-4-6-15(17)11-14;;;/h13-15H,3-12,17H2,1-2H3,(H,18,21);3*1H. The van der Waals surface area contributed by atoms with Crippen LogP contribution in [0.3, 0.4) is 0 Å². The maximum atomic E-state index is 12.2. The molecule has 1 saturated heterocycles. The largest absolute Gasteiger partial charge is 0.354 e. The van der Waals surface area contributed by atoms with Gasteiger partial charge in [-0.25, -0.2) is 0 Å². The van der Waals surface area contributed by atoms with Crippen LogP contribution < -0.4 is 11.1 Å². The third kappa shape index (κ3) is 8.07. The Bertz CT molecular complexity index is 341. The van der Waals surface area contributed by atoms with E-state index < -0.39 is 0 Å². The number of hydrogen-bond donors (Lipinski definition) is 2. The molecule has 0 aromatic rings. The number of nitrogens with one attached hydrogen (secondary N) is 1.